The highest BCUT2D eigenvalue weighted by atomic mass is 16.3. The first-order valence-electron chi connectivity index (χ1n) is 6.76. The van der Waals surface area contributed by atoms with Gasteiger partial charge in [0.1, 0.15) is 0 Å². The average Bonchev–Trinajstić information content (AvgIpc) is 2.60. The first-order chi connectivity index (χ1) is 7.34. The Bertz CT molecular complexity index is 213. The van der Waals surface area contributed by atoms with Crippen molar-refractivity contribution in [2.24, 2.45) is 17.3 Å². The summed E-state index contributed by atoms with van der Waals surface area (Å²) >= 11 is 0. The van der Waals surface area contributed by atoms with Gasteiger partial charge in [0.25, 0.3) is 0 Å². The lowest BCUT2D eigenvalue weighted by Crippen LogP contribution is -2.45. The molecule has 0 saturated heterocycles. The van der Waals surface area contributed by atoms with Crippen molar-refractivity contribution in [2.45, 2.75) is 66.0 Å². The minimum absolute atomic E-state index is 0.0313. The van der Waals surface area contributed by atoms with Crippen molar-refractivity contribution in [3.63, 3.8) is 0 Å². The van der Waals surface area contributed by atoms with Crippen LogP contribution in [0.1, 0.15) is 53.9 Å². The summed E-state index contributed by atoms with van der Waals surface area (Å²) in [5.41, 5.74) is -0.0313. The Morgan fingerprint density at radius 3 is 2.38 bits per heavy atom. The molecule has 96 valence electrons. The molecule has 3 atom stereocenters. The summed E-state index contributed by atoms with van der Waals surface area (Å²) in [5, 5.41) is 13.8. The van der Waals surface area contributed by atoms with Crippen molar-refractivity contribution in [3.8, 4) is 0 Å². The quantitative estimate of drug-likeness (QED) is 0.757. The molecule has 0 amide bonds. The zero-order valence-electron chi connectivity index (χ0n) is 11.6. The monoisotopic (exact) mass is 227 g/mol. The van der Waals surface area contributed by atoms with Gasteiger partial charge in [-0.25, -0.2) is 0 Å². The van der Waals surface area contributed by atoms with Crippen LogP contribution < -0.4 is 5.32 Å². The molecule has 1 fully saturated rings. The predicted molar refractivity (Wildman–Crippen MR) is 69.4 cm³/mol. The summed E-state index contributed by atoms with van der Waals surface area (Å²) in [6, 6.07) is 0.665. The third-order valence-corrected chi connectivity index (χ3v) is 4.11. The van der Waals surface area contributed by atoms with Crippen molar-refractivity contribution in [2.75, 3.05) is 6.54 Å². The van der Waals surface area contributed by atoms with E-state index in [1.54, 1.807) is 0 Å². The van der Waals surface area contributed by atoms with Crippen LogP contribution in [0, 0.1) is 17.3 Å². The lowest BCUT2D eigenvalue weighted by Gasteiger charge is -2.35. The number of hydrogen-bond acceptors (Lipinski definition) is 2. The smallest absolute Gasteiger partial charge is 0.0626 e. The lowest BCUT2D eigenvalue weighted by molar-refractivity contribution is 0.0116. The molecule has 1 aliphatic rings. The van der Waals surface area contributed by atoms with Crippen LogP contribution in [-0.4, -0.2) is 23.8 Å². The molecule has 2 N–H and O–H groups in total. The highest BCUT2D eigenvalue weighted by Crippen LogP contribution is 2.28. The minimum Gasteiger partial charge on any atom is -0.392 e. The molecule has 0 aromatic carbocycles. The van der Waals surface area contributed by atoms with Crippen molar-refractivity contribution in [1.29, 1.82) is 0 Å². The molecule has 0 aromatic heterocycles. The molecule has 16 heavy (non-hydrogen) atoms. The Kier molecular flexibility index (Phi) is 4.81. The Morgan fingerprint density at radius 1 is 1.31 bits per heavy atom. The Morgan fingerprint density at radius 2 is 1.94 bits per heavy atom. The number of nitrogens with one attached hydrogen (secondary N) is 1. The maximum Gasteiger partial charge on any atom is 0.0626 e. The Hall–Kier alpha value is -0.0800. The van der Waals surface area contributed by atoms with Gasteiger partial charge in [-0.2, -0.15) is 0 Å². The zero-order valence-corrected chi connectivity index (χ0v) is 11.6. The van der Waals surface area contributed by atoms with E-state index in [1.807, 2.05) is 0 Å². The molecule has 0 heterocycles. The highest BCUT2D eigenvalue weighted by molar-refractivity contribution is 4.86. The molecule has 1 rings (SSSR count). The van der Waals surface area contributed by atoms with Crippen LogP contribution in [0.15, 0.2) is 0 Å². The second-order valence-electron chi connectivity index (χ2n) is 6.57. The lowest BCUT2D eigenvalue weighted by atomic mass is 9.80. The third kappa shape index (κ3) is 3.46. The molecule has 2 nitrogen and oxygen atoms in total. The van der Waals surface area contributed by atoms with Gasteiger partial charge in [0.15, 0.2) is 0 Å². The number of aliphatic hydroxyl groups excluding tert-OH is 1. The van der Waals surface area contributed by atoms with Gasteiger partial charge in [-0.05, 0) is 24.7 Å². The summed E-state index contributed by atoms with van der Waals surface area (Å²) in [7, 11) is 0. The molecule has 0 spiro atoms. The van der Waals surface area contributed by atoms with Gasteiger partial charge in [-0.3, -0.25) is 0 Å². The maximum atomic E-state index is 10.2. The molecule has 0 bridgehead atoms. The first kappa shape index (κ1) is 14.0. The maximum absolute atomic E-state index is 10.2. The van der Waals surface area contributed by atoms with E-state index < -0.39 is 0 Å². The van der Waals surface area contributed by atoms with Crippen LogP contribution in [0.5, 0.6) is 0 Å². The van der Waals surface area contributed by atoms with E-state index in [1.165, 1.54) is 19.3 Å². The number of aliphatic hydroxyl groups is 1. The first-order valence-corrected chi connectivity index (χ1v) is 6.76. The van der Waals surface area contributed by atoms with E-state index >= 15 is 0 Å². The van der Waals surface area contributed by atoms with Gasteiger partial charge in [-0.1, -0.05) is 41.0 Å². The van der Waals surface area contributed by atoms with Crippen LogP contribution in [0.4, 0.5) is 0 Å². The van der Waals surface area contributed by atoms with Gasteiger partial charge in [-0.15, -0.1) is 0 Å². The van der Waals surface area contributed by atoms with Crippen molar-refractivity contribution in [3.05, 3.63) is 0 Å². The van der Waals surface area contributed by atoms with E-state index in [9.17, 15) is 5.11 Å². The fraction of sp³-hybridized carbons (Fsp3) is 1.00. The SMILES string of the molecule is CC(C)C(O)C(C)(C)CNC1CCCC1C. The minimum atomic E-state index is -0.225. The van der Waals surface area contributed by atoms with Crippen LogP contribution in [0.25, 0.3) is 0 Å². The number of hydrogen-bond donors (Lipinski definition) is 2. The molecule has 0 radical (unpaired) electrons. The van der Waals surface area contributed by atoms with E-state index in [2.05, 4.69) is 39.9 Å². The van der Waals surface area contributed by atoms with Crippen LogP contribution in [-0.2, 0) is 0 Å². The highest BCUT2D eigenvalue weighted by Gasteiger charge is 2.32. The summed E-state index contributed by atoms with van der Waals surface area (Å²) in [5.74, 6) is 1.13. The number of rotatable bonds is 5. The van der Waals surface area contributed by atoms with Gasteiger partial charge >= 0.3 is 0 Å². The fourth-order valence-electron chi connectivity index (χ4n) is 2.85. The van der Waals surface area contributed by atoms with Crippen LogP contribution >= 0.6 is 0 Å². The van der Waals surface area contributed by atoms with Gasteiger partial charge in [0.05, 0.1) is 6.10 Å². The molecule has 2 heteroatoms. The molecule has 3 unspecified atom stereocenters. The largest absolute Gasteiger partial charge is 0.392 e. The van der Waals surface area contributed by atoms with E-state index in [0.717, 1.165) is 12.5 Å². The van der Waals surface area contributed by atoms with Gasteiger partial charge in [0, 0.05) is 18.0 Å². The van der Waals surface area contributed by atoms with Gasteiger partial charge in [0.2, 0.25) is 0 Å². The van der Waals surface area contributed by atoms with E-state index in [0.29, 0.717) is 12.0 Å². The second-order valence-corrected chi connectivity index (χ2v) is 6.57. The van der Waals surface area contributed by atoms with Gasteiger partial charge < -0.3 is 10.4 Å². The zero-order chi connectivity index (χ0) is 12.3. The fourth-order valence-corrected chi connectivity index (χ4v) is 2.85. The molecule has 0 aromatic rings. The summed E-state index contributed by atoms with van der Waals surface area (Å²) < 4.78 is 0. The molecule has 1 saturated carbocycles. The van der Waals surface area contributed by atoms with Crippen molar-refractivity contribution >= 4 is 0 Å². The van der Waals surface area contributed by atoms with E-state index in [-0.39, 0.29) is 11.5 Å². The summed E-state index contributed by atoms with van der Waals surface area (Å²) in [6.07, 6.45) is 3.78. The normalized spacial score (nSPS) is 28.7. The molecular formula is C14H29NO. The summed E-state index contributed by atoms with van der Waals surface area (Å²) in [6.45, 7) is 11.7. The third-order valence-electron chi connectivity index (χ3n) is 4.11. The molecular weight excluding hydrogens is 198 g/mol. The van der Waals surface area contributed by atoms with Crippen molar-refractivity contribution < 1.29 is 5.11 Å². The molecule has 1 aliphatic carbocycles. The Balaban J connectivity index is 2.40. The van der Waals surface area contributed by atoms with Crippen LogP contribution in [0.3, 0.4) is 0 Å². The Labute approximate surface area is 101 Å². The van der Waals surface area contributed by atoms with Crippen molar-refractivity contribution in [1.82, 2.24) is 5.32 Å². The van der Waals surface area contributed by atoms with Crippen LogP contribution in [0.2, 0.25) is 0 Å². The molecule has 0 aliphatic heterocycles. The summed E-state index contributed by atoms with van der Waals surface area (Å²) in [4.78, 5) is 0. The standard InChI is InChI=1S/C14H29NO/c1-10(2)13(16)14(4,5)9-15-12-8-6-7-11(12)3/h10-13,15-16H,6-9H2,1-5H3. The average molecular weight is 227 g/mol. The van der Waals surface area contributed by atoms with E-state index in [4.69, 9.17) is 0 Å². The predicted octanol–water partition coefficient (Wildman–Crippen LogP) is 2.81. The topological polar surface area (TPSA) is 32.3 Å². The second kappa shape index (κ2) is 5.50.